The van der Waals surface area contributed by atoms with Gasteiger partial charge in [0.1, 0.15) is 5.82 Å². The van der Waals surface area contributed by atoms with Crippen molar-refractivity contribution >= 4 is 11.6 Å². The highest BCUT2D eigenvalue weighted by molar-refractivity contribution is 5.94. The van der Waals surface area contributed by atoms with Gasteiger partial charge in [0.25, 0.3) is 0 Å². The average Bonchev–Trinajstić information content (AvgIpc) is 2.95. The van der Waals surface area contributed by atoms with Crippen molar-refractivity contribution < 1.29 is 9.18 Å². The first-order valence-electron chi connectivity index (χ1n) is 7.90. The summed E-state index contributed by atoms with van der Waals surface area (Å²) in [5.41, 5.74) is 1.73. The number of amides is 1. The van der Waals surface area contributed by atoms with Crippen LogP contribution in [0.15, 0.2) is 36.7 Å². The van der Waals surface area contributed by atoms with Crippen LogP contribution < -0.4 is 5.32 Å². The molecule has 1 aliphatic heterocycles. The Morgan fingerprint density at radius 1 is 1.35 bits per heavy atom. The second-order valence-electron chi connectivity index (χ2n) is 6.00. The molecule has 3 rings (SSSR count). The van der Waals surface area contributed by atoms with Crippen LogP contribution in [0.5, 0.6) is 0 Å². The second-order valence-corrected chi connectivity index (χ2v) is 6.00. The van der Waals surface area contributed by atoms with Crippen LogP contribution in [0.3, 0.4) is 0 Å². The van der Waals surface area contributed by atoms with Gasteiger partial charge in [0.2, 0.25) is 5.91 Å². The highest BCUT2D eigenvalue weighted by atomic mass is 19.1. The van der Waals surface area contributed by atoms with E-state index in [1.165, 1.54) is 12.1 Å². The van der Waals surface area contributed by atoms with Crippen molar-refractivity contribution in [1.82, 2.24) is 14.7 Å². The van der Waals surface area contributed by atoms with Crippen LogP contribution in [0, 0.1) is 5.82 Å². The molecule has 0 spiro atoms. The van der Waals surface area contributed by atoms with E-state index in [0.29, 0.717) is 12.2 Å². The summed E-state index contributed by atoms with van der Waals surface area (Å²) in [6, 6.07) is 6.32. The highest BCUT2D eigenvalue weighted by Gasteiger charge is 2.28. The summed E-state index contributed by atoms with van der Waals surface area (Å²) in [6.45, 7) is 1.54. The number of carbonyl (C=O) groups excluding carboxylic acids is 1. The smallest absolute Gasteiger partial charge is 0.241 e. The zero-order valence-corrected chi connectivity index (χ0v) is 13.2. The fourth-order valence-electron chi connectivity index (χ4n) is 3.01. The lowest BCUT2D eigenvalue weighted by atomic mass is 10.0. The number of likely N-dealkylation sites (tertiary alicyclic amines) is 1. The molecule has 0 saturated carbocycles. The molecule has 0 aliphatic carbocycles. The van der Waals surface area contributed by atoms with Gasteiger partial charge in [0, 0.05) is 19.8 Å². The van der Waals surface area contributed by atoms with Crippen LogP contribution in [0.2, 0.25) is 0 Å². The fraction of sp³-hybridized carbons (Fsp3) is 0.412. The Labute approximate surface area is 135 Å². The van der Waals surface area contributed by atoms with Crippen LogP contribution in [0.25, 0.3) is 0 Å². The number of benzene rings is 1. The van der Waals surface area contributed by atoms with Gasteiger partial charge < -0.3 is 5.32 Å². The Hall–Kier alpha value is -2.21. The van der Waals surface area contributed by atoms with Gasteiger partial charge in [0.15, 0.2) is 0 Å². The molecular formula is C17H21FN4O. The maximum atomic E-state index is 13.0. The number of nitrogens with one attached hydrogen (secondary N) is 1. The number of nitrogens with zero attached hydrogens (tertiary/aromatic N) is 3. The van der Waals surface area contributed by atoms with Crippen molar-refractivity contribution in [2.45, 2.75) is 31.8 Å². The quantitative estimate of drug-likeness (QED) is 0.943. The minimum Gasteiger partial charge on any atom is -0.322 e. The van der Waals surface area contributed by atoms with Gasteiger partial charge >= 0.3 is 0 Å². The predicted octanol–water partition coefficient (Wildman–Crippen LogP) is 2.55. The van der Waals surface area contributed by atoms with Crippen molar-refractivity contribution in [3.05, 3.63) is 48.0 Å². The molecule has 0 radical (unpaired) electrons. The maximum Gasteiger partial charge on any atom is 0.241 e. The highest BCUT2D eigenvalue weighted by Crippen LogP contribution is 2.21. The molecule has 1 amide bonds. The SMILES string of the molecule is Cn1cc(NC(=O)[C@@H]2CCCCN2Cc2ccc(F)cc2)cn1. The molecule has 1 saturated heterocycles. The summed E-state index contributed by atoms with van der Waals surface area (Å²) >= 11 is 0. The number of hydrogen-bond acceptors (Lipinski definition) is 3. The lowest BCUT2D eigenvalue weighted by Gasteiger charge is -2.34. The van der Waals surface area contributed by atoms with Crippen LogP contribution in [0.1, 0.15) is 24.8 Å². The summed E-state index contributed by atoms with van der Waals surface area (Å²) in [5, 5.41) is 7.00. The summed E-state index contributed by atoms with van der Waals surface area (Å²) < 4.78 is 14.7. The molecule has 1 atom stereocenters. The number of aryl methyl sites for hydroxylation is 1. The monoisotopic (exact) mass is 316 g/mol. The van der Waals surface area contributed by atoms with Crippen molar-refractivity contribution in [2.24, 2.45) is 7.05 Å². The van der Waals surface area contributed by atoms with E-state index >= 15 is 0 Å². The third kappa shape index (κ3) is 3.96. The van der Waals surface area contributed by atoms with E-state index in [9.17, 15) is 9.18 Å². The molecule has 0 unspecified atom stereocenters. The van der Waals surface area contributed by atoms with Gasteiger partial charge in [0.05, 0.1) is 17.9 Å². The number of hydrogen-bond donors (Lipinski definition) is 1. The molecular weight excluding hydrogens is 295 g/mol. The Morgan fingerprint density at radius 3 is 2.83 bits per heavy atom. The molecule has 1 aromatic heterocycles. The standard InChI is InChI=1S/C17H21FN4O/c1-21-12-15(10-19-21)20-17(23)16-4-2-3-9-22(16)11-13-5-7-14(18)8-6-13/h5-8,10,12,16H,2-4,9,11H2,1H3,(H,20,23)/t16-/m0/s1. The Kier molecular flexibility index (Phi) is 4.71. The Morgan fingerprint density at radius 2 is 2.13 bits per heavy atom. The molecule has 1 aliphatic rings. The number of aromatic nitrogens is 2. The van der Waals surface area contributed by atoms with E-state index in [2.05, 4.69) is 15.3 Å². The van der Waals surface area contributed by atoms with E-state index in [4.69, 9.17) is 0 Å². The van der Waals surface area contributed by atoms with Crippen molar-refractivity contribution in [1.29, 1.82) is 0 Å². The first kappa shape index (κ1) is 15.7. The third-order valence-corrected chi connectivity index (χ3v) is 4.19. The van der Waals surface area contributed by atoms with Crippen LogP contribution >= 0.6 is 0 Å². The number of halogens is 1. The van der Waals surface area contributed by atoms with Crippen LogP contribution in [0.4, 0.5) is 10.1 Å². The second kappa shape index (κ2) is 6.91. The molecule has 6 heteroatoms. The normalized spacial score (nSPS) is 18.8. The third-order valence-electron chi connectivity index (χ3n) is 4.19. The minimum absolute atomic E-state index is 0.000174. The zero-order valence-electron chi connectivity index (χ0n) is 13.2. The molecule has 1 N–H and O–H groups in total. The summed E-state index contributed by atoms with van der Waals surface area (Å²) in [5.74, 6) is -0.238. The Balaban J connectivity index is 1.67. The largest absolute Gasteiger partial charge is 0.322 e. The van der Waals surface area contributed by atoms with Crippen molar-refractivity contribution in [3.8, 4) is 0 Å². The average molecular weight is 316 g/mol. The molecule has 1 fully saturated rings. The van der Waals surface area contributed by atoms with Crippen molar-refractivity contribution in [3.63, 3.8) is 0 Å². The summed E-state index contributed by atoms with van der Waals surface area (Å²) in [4.78, 5) is 14.8. The fourth-order valence-corrected chi connectivity index (χ4v) is 3.01. The van der Waals surface area contributed by atoms with Gasteiger partial charge in [-0.2, -0.15) is 5.10 Å². The lowest BCUT2D eigenvalue weighted by molar-refractivity contribution is -0.122. The van der Waals surface area contributed by atoms with Gasteiger partial charge in [-0.25, -0.2) is 4.39 Å². The number of anilines is 1. The molecule has 23 heavy (non-hydrogen) atoms. The predicted molar refractivity (Wildman–Crippen MR) is 86.3 cm³/mol. The first-order chi connectivity index (χ1) is 11.1. The Bertz CT molecular complexity index is 667. The van der Waals surface area contributed by atoms with Crippen LogP contribution in [-0.2, 0) is 18.4 Å². The summed E-state index contributed by atoms with van der Waals surface area (Å²) in [6.07, 6.45) is 6.40. The molecule has 5 nitrogen and oxygen atoms in total. The number of piperidine rings is 1. The zero-order chi connectivity index (χ0) is 16.2. The minimum atomic E-state index is -0.238. The first-order valence-corrected chi connectivity index (χ1v) is 7.90. The topological polar surface area (TPSA) is 50.2 Å². The van der Waals surface area contributed by atoms with Gasteiger partial charge in [-0.15, -0.1) is 0 Å². The van der Waals surface area contributed by atoms with Gasteiger partial charge in [-0.05, 0) is 37.1 Å². The van der Waals surface area contributed by atoms with Gasteiger partial charge in [-0.3, -0.25) is 14.4 Å². The van der Waals surface area contributed by atoms with E-state index in [-0.39, 0.29) is 17.8 Å². The van der Waals surface area contributed by atoms with E-state index in [1.807, 2.05) is 7.05 Å². The molecule has 0 bridgehead atoms. The number of carbonyl (C=O) groups is 1. The summed E-state index contributed by atoms with van der Waals surface area (Å²) in [7, 11) is 1.82. The molecule has 2 aromatic rings. The van der Waals surface area contributed by atoms with E-state index in [1.54, 1.807) is 29.2 Å². The maximum absolute atomic E-state index is 13.0. The molecule has 1 aromatic carbocycles. The van der Waals surface area contributed by atoms with Crippen molar-refractivity contribution in [2.75, 3.05) is 11.9 Å². The lowest BCUT2D eigenvalue weighted by Crippen LogP contribution is -2.46. The van der Waals surface area contributed by atoms with E-state index < -0.39 is 0 Å². The molecule has 122 valence electrons. The molecule has 2 heterocycles. The number of rotatable bonds is 4. The van der Waals surface area contributed by atoms with Crippen LogP contribution in [-0.4, -0.2) is 33.2 Å². The van der Waals surface area contributed by atoms with E-state index in [0.717, 1.165) is 31.4 Å². The van der Waals surface area contributed by atoms with Gasteiger partial charge in [-0.1, -0.05) is 18.6 Å².